The van der Waals surface area contributed by atoms with Crippen LogP contribution >= 0.6 is 0 Å². The fraction of sp³-hybridized carbons (Fsp3) is 0.455. The van der Waals surface area contributed by atoms with Gasteiger partial charge in [-0.1, -0.05) is 25.5 Å². The number of hydrogen-bond acceptors (Lipinski definition) is 0. The van der Waals surface area contributed by atoms with Gasteiger partial charge in [0.15, 0.2) is 0 Å². The predicted octanol–water partition coefficient (Wildman–Crippen LogP) is 1.57. The summed E-state index contributed by atoms with van der Waals surface area (Å²) in [5.74, 6) is 0. The Balaban J connectivity index is 0.000000845. The van der Waals surface area contributed by atoms with Crippen molar-refractivity contribution in [2.45, 2.75) is 32.6 Å². The van der Waals surface area contributed by atoms with E-state index in [9.17, 15) is 0 Å². The molecule has 0 aromatic carbocycles. The summed E-state index contributed by atoms with van der Waals surface area (Å²) in [4.78, 5) is 3.32. The minimum atomic E-state index is 0. The van der Waals surface area contributed by atoms with Gasteiger partial charge in [0, 0.05) is 13.0 Å². The molecule has 0 aliphatic heterocycles. The minimum absolute atomic E-state index is 0. The highest BCUT2D eigenvalue weighted by Gasteiger charge is 2.00. The van der Waals surface area contributed by atoms with E-state index < -0.39 is 0 Å². The highest BCUT2D eigenvalue weighted by atomic mass is 14.7. The van der Waals surface area contributed by atoms with Gasteiger partial charge in [-0.3, -0.25) is 0 Å². The second-order valence-electron chi connectivity index (χ2n) is 3.38. The first-order chi connectivity index (χ1) is 5.92. The Kier molecular flexibility index (Phi) is 2.03. The average molecular weight is 163 g/mol. The number of hydrogen-bond donors (Lipinski definition) is 1. The maximum Gasteiger partial charge on any atom is 0.0413 e. The summed E-state index contributed by atoms with van der Waals surface area (Å²) in [6, 6.07) is 0. The zero-order valence-corrected chi connectivity index (χ0v) is 7.56. The molecule has 66 valence electrons. The van der Waals surface area contributed by atoms with Crippen LogP contribution in [0.1, 0.15) is 33.2 Å². The Hall–Kier alpha value is -0.980. The van der Waals surface area contributed by atoms with Crippen molar-refractivity contribution in [2.75, 3.05) is 0 Å². The van der Waals surface area contributed by atoms with Crippen molar-refractivity contribution >= 4 is 12.2 Å². The Morgan fingerprint density at radius 1 is 1.42 bits per heavy atom. The van der Waals surface area contributed by atoms with Crippen LogP contribution in [0.2, 0.25) is 0 Å². The van der Waals surface area contributed by atoms with Gasteiger partial charge >= 0.3 is 0 Å². The van der Waals surface area contributed by atoms with Crippen molar-refractivity contribution < 1.29 is 1.43 Å². The maximum absolute atomic E-state index is 3.32. The summed E-state index contributed by atoms with van der Waals surface area (Å²) in [5, 5.41) is 2.80. The monoisotopic (exact) mass is 163 g/mol. The summed E-state index contributed by atoms with van der Waals surface area (Å²) < 4.78 is 0. The molecular formula is C11H17N. The van der Waals surface area contributed by atoms with E-state index in [1.54, 1.807) is 0 Å². The first-order valence-corrected chi connectivity index (χ1v) is 4.78. The normalized spacial score (nSPS) is 14.8. The number of aromatic amines is 1. The lowest BCUT2D eigenvalue weighted by atomic mass is 10.1. The summed E-state index contributed by atoms with van der Waals surface area (Å²) in [6.45, 7) is 2.23. The molecule has 1 aliphatic carbocycles. The average Bonchev–Trinajstić information content (AvgIpc) is 2.50. The van der Waals surface area contributed by atoms with Crippen LogP contribution in [0.3, 0.4) is 0 Å². The molecule has 12 heavy (non-hydrogen) atoms. The van der Waals surface area contributed by atoms with Gasteiger partial charge in [0.2, 0.25) is 0 Å². The fourth-order valence-electron chi connectivity index (χ4n) is 1.83. The highest BCUT2D eigenvalue weighted by molar-refractivity contribution is 5.39. The van der Waals surface area contributed by atoms with Gasteiger partial charge in [-0.15, -0.1) is 0 Å². The molecule has 0 unspecified atom stereocenters. The molecule has 0 amide bonds. The highest BCUT2D eigenvalue weighted by Crippen LogP contribution is 1.98. The first kappa shape index (κ1) is 7.66. The largest absolute Gasteiger partial charge is 0.361 e. The quantitative estimate of drug-likeness (QED) is 0.681. The minimum Gasteiger partial charge on any atom is -0.361 e. The Morgan fingerprint density at radius 2 is 2.25 bits per heavy atom. The van der Waals surface area contributed by atoms with Gasteiger partial charge in [-0.25, -0.2) is 0 Å². The van der Waals surface area contributed by atoms with Crippen molar-refractivity contribution in [3.63, 3.8) is 0 Å². The molecule has 1 aromatic rings. The lowest BCUT2D eigenvalue weighted by Crippen LogP contribution is -2.26. The SMILES string of the molecule is CCCc1c[nH]c2c1=CCCC=2.[HH]. The third kappa shape index (κ3) is 1.20. The second-order valence-corrected chi connectivity index (χ2v) is 3.38. The molecule has 0 fully saturated rings. The summed E-state index contributed by atoms with van der Waals surface area (Å²) in [7, 11) is 0. The fourth-order valence-corrected chi connectivity index (χ4v) is 1.83. The van der Waals surface area contributed by atoms with Gasteiger partial charge < -0.3 is 4.98 Å². The zero-order chi connectivity index (χ0) is 8.39. The smallest absolute Gasteiger partial charge is 0.0413 e. The van der Waals surface area contributed by atoms with E-state index >= 15 is 0 Å². The molecule has 1 N–H and O–H groups in total. The lowest BCUT2D eigenvalue weighted by Gasteiger charge is -1.96. The van der Waals surface area contributed by atoms with Gasteiger partial charge in [0.1, 0.15) is 0 Å². The van der Waals surface area contributed by atoms with Crippen LogP contribution in [-0.4, -0.2) is 4.98 Å². The van der Waals surface area contributed by atoms with Crippen molar-refractivity contribution in [1.29, 1.82) is 0 Å². The zero-order valence-electron chi connectivity index (χ0n) is 7.56. The number of rotatable bonds is 2. The molecule has 0 atom stereocenters. The molecule has 1 aromatic heterocycles. The van der Waals surface area contributed by atoms with Crippen LogP contribution in [0.5, 0.6) is 0 Å². The van der Waals surface area contributed by atoms with Crippen molar-refractivity contribution in [1.82, 2.24) is 4.98 Å². The number of aryl methyl sites for hydroxylation is 1. The first-order valence-electron chi connectivity index (χ1n) is 4.78. The van der Waals surface area contributed by atoms with Crippen LogP contribution < -0.4 is 10.6 Å². The molecule has 1 heterocycles. The van der Waals surface area contributed by atoms with E-state index in [-0.39, 0.29) is 1.43 Å². The predicted molar refractivity (Wildman–Crippen MR) is 54.3 cm³/mol. The number of fused-ring (bicyclic) bond motifs is 1. The van der Waals surface area contributed by atoms with E-state index in [4.69, 9.17) is 0 Å². The maximum atomic E-state index is 3.32. The van der Waals surface area contributed by atoms with E-state index in [2.05, 4.69) is 30.3 Å². The van der Waals surface area contributed by atoms with Crippen LogP contribution in [0, 0.1) is 0 Å². The van der Waals surface area contributed by atoms with Crippen molar-refractivity contribution in [3.8, 4) is 0 Å². The molecule has 0 bridgehead atoms. The third-order valence-electron chi connectivity index (χ3n) is 2.42. The molecule has 1 heteroatoms. The van der Waals surface area contributed by atoms with Crippen molar-refractivity contribution in [3.05, 3.63) is 22.3 Å². The number of aromatic nitrogens is 1. The molecule has 0 saturated heterocycles. The van der Waals surface area contributed by atoms with Gasteiger partial charge in [0.05, 0.1) is 0 Å². The van der Waals surface area contributed by atoms with E-state index in [0.717, 1.165) is 0 Å². The Morgan fingerprint density at radius 3 is 3.08 bits per heavy atom. The number of nitrogens with one attached hydrogen (secondary N) is 1. The van der Waals surface area contributed by atoms with Crippen LogP contribution in [0.25, 0.3) is 12.2 Å². The van der Waals surface area contributed by atoms with Crippen LogP contribution in [0.4, 0.5) is 0 Å². The number of H-pyrrole nitrogens is 1. The standard InChI is InChI=1S/C11H15N.H2/c1-2-5-9-8-12-11-7-4-3-6-10(9)11;/h6-8,12H,2-5H2,1H3;1H. The molecule has 1 nitrogen and oxygen atoms in total. The van der Waals surface area contributed by atoms with Gasteiger partial charge in [0.25, 0.3) is 0 Å². The molecule has 0 spiro atoms. The Labute approximate surface area is 74.3 Å². The van der Waals surface area contributed by atoms with Crippen LogP contribution in [-0.2, 0) is 6.42 Å². The van der Waals surface area contributed by atoms with E-state index in [0.29, 0.717) is 0 Å². The molecule has 2 rings (SSSR count). The molecule has 0 saturated carbocycles. The lowest BCUT2D eigenvalue weighted by molar-refractivity contribution is 0.916. The van der Waals surface area contributed by atoms with Crippen LogP contribution in [0.15, 0.2) is 6.20 Å². The summed E-state index contributed by atoms with van der Waals surface area (Å²) in [5.41, 5.74) is 1.49. The molecular weight excluding hydrogens is 146 g/mol. The second kappa shape index (κ2) is 3.18. The van der Waals surface area contributed by atoms with Gasteiger partial charge in [-0.2, -0.15) is 0 Å². The van der Waals surface area contributed by atoms with E-state index in [1.165, 1.54) is 41.8 Å². The topological polar surface area (TPSA) is 15.8 Å². The third-order valence-corrected chi connectivity index (χ3v) is 2.42. The van der Waals surface area contributed by atoms with E-state index in [1.807, 2.05) is 0 Å². The van der Waals surface area contributed by atoms with Gasteiger partial charge in [-0.05, 0) is 30.0 Å². The summed E-state index contributed by atoms with van der Waals surface area (Å²) >= 11 is 0. The molecule has 0 radical (unpaired) electrons. The summed E-state index contributed by atoms with van der Waals surface area (Å²) in [6.07, 6.45) is 11.7. The molecule has 1 aliphatic rings. The van der Waals surface area contributed by atoms with Crippen molar-refractivity contribution in [2.24, 2.45) is 0 Å². The Bertz CT molecular complexity index is 375.